The lowest BCUT2D eigenvalue weighted by atomic mass is 10.1. The summed E-state index contributed by atoms with van der Waals surface area (Å²) >= 11 is 0. The number of rotatable bonds is 6. The normalized spacial score (nSPS) is 10.6. The lowest BCUT2D eigenvalue weighted by Gasteiger charge is -2.04. The second-order valence-corrected chi connectivity index (χ2v) is 5.44. The Hall–Kier alpha value is -3.49. The van der Waals surface area contributed by atoms with Gasteiger partial charge in [0.05, 0.1) is 6.54 Å². The maximum absolute atomic E-state index is 12.0. The molecule has 3 rings (SSSR count). The monoisotopic (exact) mass is 340 g/mol. The third-order valence-electron chi connectivity index (χ3n) is 3.55. The van der Waals surface area contributed by atoms with E-state index in [-0.39, 0.29) is 18.2 Å². The van der Waals surface area contributed by atoms with E-state index in [2.05, 4.69) is 20.5 Å². The summed E-state index contributed by atoms with van der Waals surface area (Å²) in [5.74, 6) is -1.35. The first-order valence-corrected chi connectivity index (χ1v) is 7.52. The van der Waals surface area contributed by atoms with Crippen LogP contribution < -0.4 is 5.32 Å². The van der Waals surface area contributed by atoms with Crippen molar-refractivity contribution in [3.63, 3.8) is 0 Å². The van der Waals surface area contributed by atoms with Crippen molar-refractivity contribution >= 4 is 17.8 Å². The summed E-state index contributed by atoms with van der Waals surface area (Å²) in [6.07, 6.45) is 2.96. The molecule has 0 aliphatic heterocycles. The van der Waals surface area contributed by atoms with Gasteiger partial charge in [0.15, 0.2) is 5.69 Å². The Balaban J connectivity index is 1.59. The van der Waals surface area contributed by atoms with Gasteiger partial charge in [-0.15, -0.1) is 5.10 Å². The van der Waals surface area contributed by atoms with Crippen molar-refractivity contribution < 1.29 is 14.7 Å². The number of aryl methyl sites for hydroxylation is 1. The molecule has 9 heteroatoms. The predicted octanol–water partition coefficient (Wildman–Crippen LogP) is 1.17. The third-order valence-corrected chi connectivity index (χ3v) is 3.55. The van der Waals surface area contributed by atoms with Crippen LogP contribution in [0.5, 0.6) is 0 Å². The minimum Gasteiger partial charge on any atom is -0.476 e. The quantitative estimate of drug-likeness (QED) is 0.696. The number of nitrogens with one attached hydrogen (secondary N) is 1. The van der Waals surface area contributed by atoms with Crippen molar-refractivity contribution in [1.29, 1.82) is 0 Å². The second-order valence-electron chi connectivity index (χ2n) is 5.44. The van der Waals surface area contributed by atoms with Gasteiger partial charge in [-0.05, 0) is 24.1 Å². The number of aromatic nitrogens is 5. The van der Waals surface area contributed by atoms with Crippen molar-refractivity contribution in [2.75, 3.05) is 5.32 Å². The highest BCUT2D eigenvalue weighted by atomic mass is 16.4. The van der Waals surface area contributed by atoms with Gasteiger partial charge in [0, 0.05) is 6.20 Å². The molecule has 3 aromatic rings. The lowest BCUT2D eigenvalue weighted by Crippen LogP contribution is -2.20. The number of carbonyl (C=O) groups is 2. The minimum atomic E-state index is -1.14. The Bertz CT molecular complexity index is 914. The smallest absolute Gasteiger partial charge is 0.356 e. The summed E-state index contributed by atoms with van der Waals surface area (Å²) in [5.41, 5.74) is 2.15. The van der Waals surface area contributed by atoms with Crippen LogP contribution in [0, 0.1) is 6.92 Å². The molecular formula is C16H16N6O3. The first kappa shape index (κ1) is 16.4. The molecule has 0 fully saturated rings. The highest BCUT2D eigenvalue weighted by Crippen LogP contribution is 2.09. The molecule has 1 amide bonds. The van der Waals surface area contributed by atoms with Crippen molar-refractivity contribution in [1.82, 2.24) is 24.5 Å². The van der Waals surface area contributed by atoms with E-state index in [1.165, 1.54) is 16.9 Å². The summed E-state index contributed by atoms with van der Waals surface area (Å²) in [6, 6.07) is 9.27. The SMILES string of the molecule is Cc1ccccc1Cn1cnc(NC(=O)Cn2ccc(C(=O)O)n2)n1. The first-order chi connectivity index (χ1) is 12.0. The zero-order valence-corrected chi connectivity index (χ0v) is 13.5. The molecule has 0 aliphatic carbocycles. The van der Waals surface area contributed by atoms with Crippen LogP contribution in [-0.4, -0.2) is 41.5 Å². The van der Waals surface area contributed by atoms with E-state index in [1.807, 2.05) is 31.2 Å². The van der Waals surface area contributed by atoms with Gasteiger partial charge in [-0.3, -0.25) is 14.8 Å². The predicted molar refractivity (Wildman–Crippen MR) is 88.1 cm³/mol. The van der Waals surface area contributed by atoms with Crippen LogP contribution >= 0.6 is 0 Å². The van der Waals surface area contributed by atoms with Crippen LogP contribution in [-0.2, 0) is 17.9 Å². The molecule has 0 saturated heterocycles. The van der Waals surface area contributed by atoms with E-state index in [1.54, 1.807) is 11.0 Å². The molecule has 0 unspecified atom stereocenters. The molecule has 0 radical (unpaired) electrons. The minimum absolute atomic E-state index is 0.117. The number of aromatic carboxylic acids is 1. The van der Waals surface area contributed by atoms with Gasteiger partial charge in [0.1, 0.15) is 12.9 Å². The average Bonchev–Trinajstić information content (AvgIpc) is 3.19. The van der Waals surface area contributed by atoms with Crippen molar-refractivity contribution in [2.24, 2.45) is 0 Å². The number of carboxylic acid groups (broad SMARTS) is 1. The number of amides is 1. The molecule has 0 atom stereocenters. The Morgan fingerprint density at radius 1 is 1.16 bits per heavy atom. The highest BCUT2D eigenvalue weighted by Gasteiger charge is 2.11. The third kappa shape index (κ3) is 4.08. The largest absolute Gasteiger partial charge is 0.476 e. The Morgan fingerprint density at radius 2 is 1.96 bits per heavy atom. The maximum atomic E-state index is 12.0. The van der Waals surface area contributed by atoms with Gasteiger partial charge in [-0.1, -0.05) is 24.3 Å². The zero-order valence-electron chi connectivity index (χ0n) is 13.5. The highest BCUT2D eigenvalue weighted by molar-refractivity contribution is 5.89. The van der Waals surface area contributed by atoms with Crippen molar-refractivity contribution in [3.05, 3.63) is 59.7 Å². The zero-order chi connectivity index (χ0) is 17.8. The number of benzene rings is 1. The van der Waals surface area contributed by atoms with Gasteiger partial charge in [-0.25, -0.2) is 14.5 Å². The van der Waals surface area contributed by atoms with Gasteiger partial charge < -0.3 is 5.11 Å². The molecule has 2 N–H and O–H groups in total. The van der Waals surface area contributed by atoms with Crippen molar-refractivity contribution in [3.8, 4) is 0 Å². The standard InChI is InChI=1S/C16H16N6O3/c1-11-4-2-3-5-12(11)8-22-10-17-16(20-22)18-14(23)9-21-7-6-13(19-21)15(24)25/h2-7,10H,8-9H2,1H3,(H,24,25)(H,18,20,23). The topological polar surface area (TPSA) is 115 Å². The fourth-order valence-electron chi connectivity index (χ4n) is 2.27. The summed E-state index contributed by atoms with van der Waals surface area (Å²) < 4.78 is 2.87. The van der Waals surface area contributed by atoms with Crippen LogP contribution in [0.2, 0.25) is 0 Å². The van der Waals surface area contributed by atoms with E-state index < -0.39 is 11.9 Å². The number of hydrogen-bond acceptors (Lipinski definition) is 5. The molecule has 2 aromatic heterocycles. The fourth-order valence-corrected chi connectivity index (χ4v) is 2.27. The van der Waals surface area contributed by atoms with Crippen LogP contribution in [0.1, 0.15) is 21.6 Å². The average molecular weight is 340 g/mol. The molecule has 0 bridgehead atoms. The van der Waals surface area contributed by atoms with E-state index in [4.69, 9.17) is 5.11 Å². The number of nitrogens with zero attached hydrogens (tertiary/aromatic N) is 5. The first-order valence-electron chi connectivity index (χ1n) is 7.52. The number of carboxylic acids is 1. The van der Waals surface area contributed by atoms with Crippen LogP contribution in [0.15, 0.2) is 42.9 Å². The van der Waals surface area contributed by atoms with Crippen LogP contribution in [0.25, 0.3) is 0 Å². The van der Waals surface area contributed by atoms with Gasteiger partial charge in [-0.2, -0.15) is 5.10 Å². The molecule has 0 aliphatic rings. The summed E-state index contributed by atoms with van der Waals surface area (Å²) in [7, 11) is 0. The summed E-state index contributed by atoms with van der Waals surface area (Å²) in [6.45, 7) is 2.45. The summed E-state index contributed by atoms with van der Waals surface area (Å²) in [5, 5.41) is 19.4. The van der Waals surface area contributed by atoms with E-state index in [0.717, 1.165) is 11.1 Å². The molecule has 1 aromatic carbocycles. The lowest BCUT2D eigenvalue weighted by molar-refractivity contribution is -0.117. The summed E-state index contributed by atoms with van der Waals surface area (Å²) in [4.78, 5) is 26.8. The van der Waals surface area contributed by atoms with E-state index >= 15 is 0 Å². The molecule has 25 heavy (non-hydrogen) atoms. The van der Waals surface area contributed by atoms with Gasteiger partial charge in [0.2, 0.25) is 11.9 Å². The number of anilines is 1. The van der Waals surface area contributed by atoms with Gasteiger partial charge >= 0.3 is 5.97 Å². The Labute approximate surface area is 142 Å². The Morgan fingerprint density at radius 3 is 2.68 bits per heavy atom. The molecule has 2 heterocycles. The second kappa shape index (κ2) is 6.95. The van der Waals surface area contributed by atoms with Crippen molar-refractivity contribution in [2.45, 2.75) is 20.0 Å². The van der Waals surface area contributed by atoms with Gasteiger partial charge in [0.25, 0.3) is 0 Å². The number of hydrogen-bond donors (Lipinski definition) is 2. The molecule has 9 nitrogen and oxygen atoms in total. The Kier molecular flexibility index (Phi) is 4.55. The number of carbonyl (C=O) groups excluding carboxylic acids is 1. The fraction of sp³-hybridized carbons (Fsp3) is 0.188. The van der Waals surface area contributed by atoms with E-state index in [9.17, 15) is 9.59 Å². The van der Waals surface area contributed by atoms with E-state index in [0.29, 0.717) is 6.54 Å². The molecular weight excluding hydrogens is 324 g/mol. The molecule has 0 saturated carbocycles. The molecule has 0 spiro atoms. The van der Waals surface area contributed by atoms with Crippen LogP contribution in [0.3, 0.4) is 0 Å². The maximum Gasteiger partial charge on any atom is 0.356 e. The molecule has 128 valence electrons. The van der Waals surface area contributed by atoms with Crippen LogP contribution in [0.4, 0.5) is 5.95 Å².